The number of methoxy groups -OCH3 is 1. The lowest BCUT2D eigenvalue weighted by atomic mass is 10.0. The molecule has 0 spiro atoms. The van der Waals surface area contributed by atoms with E-state index in [9.17, 15) is 0 Å². The molecular weight excluding hydrogens is 504 g/mol. The second kappa shape index (κ2) is 20.2. The number of unbranched alkanes of at least 4 members (excludes halogenated alkanes) is 9. The van der Waals surface area contributed by atoms with Gasteiger partial charge < -0.3 is 14.4 Å². The standard InChI is InChI=1S/C37H54N2O2/c1-32(2)36(31-40-3)38-37(34-24-16-13-17-25-34)39-28-20-19-27-35(39)26-18-10-8-6-4-5-7-9-11-21-29-41-30-33-22-14-12-15-23-33/h12-17,19-20,22-25,27-28,32,35-36H,4-11,18,21,26,29-31H2,1-3H3/t35-,36-/m1/s1. The number of hydrogen-bond acceptors (Lipinski definition) is 3. The summed E-state index contributed by atoms with van der Waals surface area (Å²) >= 11 is 0. The average Bonchev–Trinajstić information content (AvgIpc) is 3.00. The summed E-state index contributed by atoms with van der Waals surface area (Å²) in [5.74, 6) is 1.46. The molecule has 0 bridgehead atoms. The summed E-state index contributed by atoms with van der Waals surface area (Å²) in [6.07, 6.45) is 23.1. The fraction of sp³-hybridized carbons (Fsp3) is 0.541. The number of allylic oxidation sites excluding steroid dienone is 2. The third kappa shape index (κ3) is 12.8. The van der Waals surface area contributed by atoms with Crippen molar-refractivity contribution in [2.75, 3.05) is 20.3 Å². The normalized spacial score (nSPS) is 16.0. The number of amidine groups is 1. The molecule has 0 saturated carbocycles. The number of benzene rings is 2. The first-order valence-electron chi connectivity index (χ1n) is 16.1. The first-order chi connectivity index (χ1) is 20.2. The molecule has 0 amide bonds. The Morgan fingerprint density at radius 2 is 1.39 bits per heavy atom. The highest BCUT2D eigenvalue weighted by Gasteiger charge is 2.23. The van der Waals surface area contributed by atoms with Gasteiger partial charge in [0.2, 0.25) is 0 Å². The van der Waals surface area contributed by atoms with E-state index in [1.165, 1.54) is 75.3 Å². The lowest BCUT2D eigenvalue weighted by Crippen LogP contribution is -2.38. The zero-order valence-electron chi connectivity index (χ0n) is 25.9. The van der Waals surface area contributed by atoms with Gasteiger partial charge in [0.05, 0.1) is 25.3 Å². The van der Waals surface area contributed by atoms with Crippen molar-refractivity contribution in [2.45, 2.75) is 103 Å². The number of rotatable bonds is 20. The first kappa shape index (κ1) is 32.8. The Morgan fingerprint density at radius 3 is 2.02 bits per heavy atom. The third-order valence-electron chi connectivity index (χ3n) is 7.87. The van der Waals surface area contributed by atoms with Crippen LogP contribution in [-0.2, 0) is 16.1 Å². The zero-order chi connectivity index (χ0) is 29.0. The van der Waals surface area contributed by atoms with Gasteiger partial charge >= 0.3 is 0 Å². The second-order valence-electron chi connectivity index (χ2n) is 11.6. The third-order valence-corrected chi connectivity index (χ3v) is 7.87. The van der Waals surface area contributed by atoms with Crippen LogP contribution in [0.25, 0.3) is 0 Å². The molecular formula is C37H54N2O2. The van der Waals surface area contributed by atoms with Crippen LogP contribution < -0.4 is 0 Å². The van der Waals surface area contributed by atoms with Gasteiger partial charge in [-0.3, -0.25) is 4.99 Å². The molecule has 4 heteroatoms. The summed E-state index contributed by atoms with van der Waals surface area (Å²) in [6, 6.07) is 21.5. The number of nitrogens with zero attached hydrogens (tertiary/aromatic N) is 2. The molecule has 0 fully saturated rings. The van der Waals surface area contributed by atoms with Crippen LogP contribution in [0.15, 0.2) is 90.1 Å². The zero-order valence-corrected chi connectivity index (χ0v) is 25.9. The van der Waals surface area contributed by atoms with Gasteiger partial charge in [-0.25, -0.2) is 0 Å². The topological polar surface area (TPSA) is 34.1 Å². The van der Waals surface area contributed by atoms with Gasteiger partial charge in [0.1, 0.15) is 5.84 Å². The molecule has 1 aliphatic heterocycles. The summed E-state index contributed by atoms with van der Waals surface area (Å²) in [4.78, 5) is 7.64. The molecule has 2 aromatic rings. The number of ether oxygens (including phenoxy) is 2. The predicted molar refractivity (Wildman–Crippen MR) is 174 cm³/mol. The van der Waals surface area contributed by atoms with Crippen molar-refractivity contribution in [2.24, 2.45) is 10.9 Å². The van der Waals surface area contributed by atoms with Gasteiger partial charge in [0.25, 0.3) is 0 Å². The largest absolute Gasteiger partial charge is 0.382 e. The van der Waals surface area contributed by atoms with Crippen LogP contribution in [-0.4, -0.2) is 43.1 Å². The molecule has 2 aromatic carbocycles. The van der Waals surface area contributed by atoms with Gasteiger partial charge in [-0.05, 0) is 30.4 Å². The molecule has 0 aliphatic carbocycles. The Kier molecular flexibility index (Phi) is 16.2. The van der Waals surface area contributed by atoms with Gasteiger partial charge in [0.15, 0.2) is 0 Å². The minimum absolute atomic E-state index is 0.128. The highest BCUT2D eigenvalue weighted by Crippen LogP contribution is 2.22. The second-order valence-corrected chi connectivity index (χ2v) is 11.6. The minimum atomic E-state index is 0.128. The van der Waals surface area contributed by atoms with Crippen molar-refractivity contribution in [1.29, 1.82) is 0 Å². The van der Waals surface area contributed by atoms with Crippen molar-refractivity contribution in [3.8, 4) is 0 Å². The van der Waals surface area contributed by atoms with Gasteiger partial charge in [0, 0.05) is 25.5 Å². The quantitative estimate of drug-likeness (QED) is 0.0922. The molecule has 0 radical (unpaired) electrons. The van der Waals surface area contributed by atoms with Crippen LogP contribution in [0.2, 0.25) is 0 Å². The maximum atomic E-state index is 5.80. The van der Waals surface area contributed by atoms with Crippen LogP contribution in [0.3, 0.4) is 0 Å². The van der Waals surface area contributed by atoms with Crippen molar-refractivity contribution in [3.05, 3.63) is 96.2 Å². The van der Waals surface area contributed by atoms with E-state index in [0.717, 1.165) is 25.5 Å². The SMILES string of the molecule is COC[C@@H](N=C(c1ccccc1)N1C=CC=C[C@H]1CCCCCCCCCCCCOCc1ccccc1)C(C)C. The molecule has 224 valence electrons. The highest BCUT2D eigenvalue weighted by atomic mass is 16.5. The lowest BCUT2D eigenvalue weighted by Gasteiger charge is -2.33. The van der Waals surface area contributed by atoms with Gasteiger partial charge in [-0.1, -0.05) is 144 Å². The molecule has 0 N–H and O–H groups in total. The van der Waals surface area contributed by atoms with Crippen molar-refractivity contribution < 1.29 is 9.47 Å². The smallest absolute Gasteiger partial charge is 0.135 e. The Morgan fingerprint density at radius 1 is 0.780 bits per heavy atom. The van der Waals surface area contributed by atoms with Crippen LogP contribution in [0, 0.1) is 5.92 Å². The fourth-order valence-electron chi connectivity index (χ4n) is 5.32. The summed E-state index contributed by atoms with van der Waals surface area (Å²) in [6.45, 7) is 6.70. The van der Waals surface area contributed by atoms with Crippen LogP contribution in [0.1, 0.15) is 95.6 Å². The van der Waals surface area contributed by atoms with Crippen LogP contribution in [0.4, 0.5) is 0 Å². The Labute approximate surface area is 250 Å². The maximum absolute atomic E-state index is 5.80. The van der Waals surface area contributed by atoms with Crippen LogP contribution in [0.5, 0.6) is 0 Å². The van der Waals surface area contributed by atoms with Crippen LogP contribution >= 0.6 is 0 Å². The fourth-order valence-corrected chi connectivity index (χ4v) is 5.32. The summed E-state index contributed by atoms with van der Waals surface area (Å²) < 4.78 is 11.3. The number of hydrogen-bond donors (Lipinski definition) is 0. The Bertz CT molecular complexity index is 1020. The van der Waals surface area contributed by atoms with E-state index in [0.29, 0.717) is 18.6 Å². The molecule has 4 nitrogen and oxygen atoms in total. The molecule has 1 aliphatic rings. The van der Waals surface area contributed by atoms with Crippen molar-refractivity contribution >= 4 is 5.84 Å². The highest BCUT2D eigenvalue weighted by molar-refractivity contribution is 6.00. The molecule has 1 heterocycles. The summed E-state index contributed by atoms with van der Waals surface area (Å²) in [5.41, 5.74) is 2.43. The Balaban J connectivity index is 1.31. The molecule has 0 unspecified atom stereocenters. The molecule has 3 rings (SSSR count). The van der Waals surface area contributed by atoms with Gasteiger partial charge in [-0.2, -0.15) is 0 Å². The van der Waals surface area contributed by atoms with E-state index in [2.05, 4.69) is 104 Å². The maximum Gasteiger partial charge on any atom is 0.135 e. The summed E-state index contributed by atoms with van der Waals surface area (Å²) in [7, 11) is 1.77. The molecule has 41 heavy (non-hydrogen) atoms. The van der Waals surface area contributed by atoms with E-state index >= 15 is 0 Å². The van der Waals surface area contributed by atoms with E-state index in [-0.39, 0.29) is 6.04 Å². The van der Waals surface area contributed by atoms with E-state index < -0.39 is 0 Å². The van der Waals surface area contributed by atoms with Gasteiger partial charge in [-0.15, -0.1) is 0 Å². The van der Waals surface area contributed by atoms with E-state index in [1.54, 1.807) is 7.11 Å². The monoisotopic (exact) mass is 558 g/mol. The number of aliphatic imine (C=N–C) groups is 1. The first-order valence-corrected chi connectivity index (χ1v) is 16.1. The van der Waals surface area contributed by atoms with E-state index in [4.69, 9.17) is 14.5 Å². The lowest BCUT2D eigenvalue weighted by molar-refractivity contribution is 0.116. The van der Waals surface area contributed by atoms with E-state index in [1.807, 2.05) is 0 Å². The minimum Gasteiger partial charge on any atom is -0.382 e. The predicted octanol–water partition coefficient (Wildman–Crippen LogP) is 9.37. The molecule has 0 saturated heterocycles. The average molecular weight is 559 g/mol. The summed E-state index contributed by atoms with van der Waals surface area (Å²) in [5, 5.41) is 0. The molecule has 2 atom stereocenters. The van der Waals surface area contributed by atoms with Crippen molar-refractivity contribution in [1.82, 2.24) is 4.90 Å². The van der Waals surface area contributed by atoms with Crippen molar-refractivity contribution in [3.63, 3.8) is 0 Å². The molecule has 0 aromatic heterocycles. The Hall–Kier alpha value is -2.69.